The van der Waals surface area contributed by atoms with Crippen molar-refractivity contribution < 1.29 is 18.3 Å². The van der Waals surface area contributed by atoms with E-state index in [1.807, 2.05) is 18.2 Å². The summed E-state index contributed by atoms with van der Waals surface area (Å²) in [6, 6.07) is 23.9. The molecule has 0 atom stereocenters. The monoisotopic (exact) mass is 631 g/mol. The fourth-order valence-electron chi connectivity index (χ4n) is 4.39. The largest absolute Gasteiger partial charge is 0.493 e. The lowest BCUT2D eigenvalue weighted by Crippen LogP contribution is -2.20. The summed E-state index contributed by atoms with van der Waals surface area (Å²) in [7, 11) is 1.47. The molecule has 0 unspecified atom stereocenters. The van der Waals surface area contributed by atoms with Crippen molar-refractivity contribution in [1.82, 2.24) is 9.66 Å². The Kier molecular flexibility index (Phi) is 7.30. The molecule has 0 aliphatic carbocycles. The minimum absolute atomic E-state index is 0.0667. The lowest BCUT2D eigenvalue weighted by Gasteiger charge is -2.14. The number of ether oxygens (including phenoxy) is 2. The van der Waals surface area contributed by atoms with Gasteiger partial charge in [0.25, 0.3) is 5.56 Å². The Hall–Kier alpha value is -4.47. The molecule has 6 rings (SSSR count). The lowest BCUT2D eigenvalue weighted by atomic mass is 10.2. The van der Waals surface area contributed by atoms with E-state index in [0.29, 0.717) is 44.1 Å². The standard InChI is InChI=1S/C31H20BrClFN3O4/c1-39-27-15-22(33)13-20(29(27)40-17-18-6-2-4-8-24(18)34)16-35-37-30(36-25-9-5-3-7-23(25)31(37)38)28-14-19-12-21(32)10-11-26(19)41-28/h2-16H,17H2,1H3. The first kappa shape index (κ1) is 26.7. The predicted octanol–water partition coefficient (Wildman–Crippen LogP) is 7.83. The van der Waals surface area contributed by atoms with Crippen LogP contribution in [0.2, 0.25) is 5.02 Å². The van der Waals surface area contributed by atoms with Gasteiger partial charge >= 0.3 is 0 Å². The van der Waals surface area contributed by atoms with Crippen molar-refractivity contribution in [2.45, 2.75) is 6.61 Å². The van der Waals surface area contributed by atoms with Crippen LogP contribution in [0.5, 0.6) is 11.5 Å². The summed E-state index contributed by atoms with van der Waals surface area (Å²) in [5.41, 5.74) is 1.50. The van der Waals surface area contributed by atoms with Crippen molar-refractivity contribution in [3.8, 4) is 23.1 Å². The van der Waals surface area contributed by atoms with Crippen LogP contribution in [0, 0.1) is 5.82 Å². The second-order valence-corrected chi connectivity index (χ2v) is 10.4. The topological polar surface area (TPSA) is 78.9 Å². The van der Waals surface area contributed by atoms with Crippen LogP contribution in [-0.4, -0.2) is 23.0 Å². The highest BCUT2D eigenvalue weighted by atomic mass is 79.9. The number of nitrogens with zero attached hydrogens (tertiary/aromatic N) is 3. The molecule has 41 heavy (non-hydrogen) atoms. The minimum Gasteiger partial charge on any atom is -0.493 e. The molecule has 0 bridgehead atoms. The average molecular weight is 633 g/mol. The first-order valence-electron chi connectivity index (χ1n) is 12.4. The second kappa shape index (κ2) is 11.2. The van der Waals surface area contributed by atoms with Crippen molar-refractivity contribution in [2.24, 2.45) is 5.10 Å². The quantitative estimate of drug-likeness (QED) is 0.168. The van der Waals surface area contributed by atoms with Gasteiger partial charge in [-0.1, -0.05) is 57.9 Å². The molecule has 0 amide bonds. The highest BCUT2D eigenvalue weighted by molar-refractivity contribution is 9.10. The fraction of sp³-hybridized carbons (Fsp3) is 0.0645. The highest BCUT2D eigenvalue weighted by Crippen LogP contribution is 2.35. The van der Waals surface area contributed by atoms with Crippen LogP contribution >= 0.6 is 27.5 Å². The number of aromatic nitrogens is 2. The maximum absolute atomic E-state index is 14.3. The first-order chi connectivity index (χ1) is 19.9. The van der Waals surface area contributed by atoms with E-state index in [4.69, 9.17) is 30.5 Å². The molecular weight excluding hydrogens is 613 g/mol. The third-order valence-electron chi connectivity index (χ3n) is 6.36. The Morgan fingerprint density at radius 1 is 1.07 bits per heavy atom. The Morgan fingerprint density at radius 2 is 1.88 bits per heavy atom. The van der Waals surface area contributed by atoms with E-state index < -0.39 is 11.4 Å². The Bertz CT molecular complexity index is 2020. The summed E-state index contributed by atoms with van der Waals surface area (Å²) >= 11 is 9.84. The van der Waals surface area contributed by atoms with E-state index in [9.17, 15) is 9.18 Å². The molecule has 0 aliphatic rings. The van der Waals surface area contributed by atoms with Gasteiger partial charge in [-0.3, -0.25) is 4.79 Å². The van der Waals surface area contributed by atoms with E-state index in [-0.39, 0.29) is 18.2 Å². The minimum atomic E-state index is -0.397. The van der Waals surface area contributed by atoms with Gasteiger partial charge in [-0.15, -0.1) is 0 Å². The zero-order chi connectivity index (χ0) is 28.5. The van der Waals surface area contributed by atoms with Gasteiger partial charge in [-0.25, -0.2) is 9.37 Å². The van der Waals surface area contributed by atoms with Crippen LogP contribution in [0.25, 0.3) is 33.5 Å². The highest BCUT2D eigenvalue weighted by Gasteiger charge is 2.18. The van der Waals surface area contributed by atoms with Gasteiger partial charge in [0.1, 0.15) is 18.0 Å². The van der Waals surface area contributed by atoms with Crippen LogP contribution in [-0.2, 0) is 6.61 Å². The number of methoxy groups -OCH3 is 1. The van der Waals surface area contributed by atoms with Crippen LogP contribution in [0.3, 0.4) is 0 Å². The van der Waals surface area contributed by atoms with Crippen LogP contribution in [0.1, 0.15) is 11.1 Å². The molecule has 2 heterocycles. The SMILES string of the molecule is COc1cc(Cl)cc(C=Nn2c(-c3cc4cc(Br)ccc4o3)nc3ccccc3c2=O)c1OCc1ccccc1F. The van der Waals surface area contributed by atoms with Gasteiger partial charge in [0.15, 0.2) is 17.3 Å². The predicted molar refractivity (Wildman–Crippen MR) is 161 cm³/mol. The van der Waals surface area contributed by atoms with Crippen molar-refractivity contribution in [3.05, 3.63) is 122 Å². The maximum Gasteiger partial charge on any atom is 0.282 e. The fourth-order valence-corrected chi connectivity index (χ4v) is 4.99. The number of fused-ring (bicyclic) bond motifs is 2. The molecule has 10 heteroatoms. The van der Waals surface area contributed by atoms with Crippen molar-refractivity contribution in [1.29, 1.82) is 0 Å². The smallest absolute Gasteiger partial charge is 0.282 e. The molecule has 0 spiro atoms. The summed E-state index contributed by atoms with van der Waals surface area (Å²) in [6.07, 6.45) is 1.42. The van der Waals surface area contributed by atoms with Gasteiger partial charge in [-0.2, -0.15) is 9.78 Å². The van der Waals surface area contributed by atoms with Crippen molar-refractivity contribution in [3.63, 3.8) is 0 Å². The van der Waals surface area contributed by atoms with E-state index >= 15 is 0 Å². The third-order valence-corrected chi connectivity index (χ3v) is 7.07. The number of hydrogen-bond acceptors (Lipinski definition) is 6. The van der Waals surface area contributed by atoms with Crippen LogP contribution in [0.15, 0.2) is 104 Å². The molecule has 204 valence electrons. The van der Waals surface area contributed by atoms with Gasteiger partial charge in [0.2, 0.25) is 5.82 Å². The average Bonchev–Trinajstić information content (AvgIpc) is 3.39. The Balaban J connectivity index is 1.48. The molecule has 0 radical (unpaired) electrons. The number of benzene rings is 4. The summed E-state index contributed by atoms with van der Waals surface area (Å²) in [5.74, 6) is 0.771. The normalized spacial score (nSPS) is 11.5. The second-order valence-electron chi connectivity index (χ2n) is 9.01. The molecule has 0 fully saturated rings. The number of furan rings is 1. The Labute approximate surface area is 246 Å². The van der Waals surface area contributed by atoms with E-state index in [0.717, 1.165) is 9.86 Å². The number of rotatable bonds is 7. The molecule has 0 saturated heterocycles. The van der Waals surface area contributed by atoms with E-state index in [1.54, 1.807) is 60.7 Å². The summed E-state index contributed by atoms with van der Waals surface area (Å²) in [6.45, 7) is -0.0667. The summed E-state index contributed by atoms with van der Waals surface area (Å²) in [5, 5.41) is 6.09. The summed E-state index contributed by atoms with van der Waals surface area (Å²) in [4.78, 5) is 18.4. The van der Waals surface area contributed by atoms with Crippen molar-refractivity contribution >= 4 is 55.6 Å². The van der Waals surface area contributed by atoms with E-state index in [2.05, 4.69) is 21.0 Å². The third kappa shape index (κ3) is 5.33. The summed E-state index contributed by atoms with van der Waals surface area (Å²) < 4.78 is 33.9. The molecule has 0 aliphatic heterocycles. The molecule has 0 N–H and O–H groups in total. The lowest BCUT2D eigenvalue weighted by molar-refractivity contribution is 0.279. The van der Waals surface area contributed by atoms with Gasteiger partial charge in [-0.05, 0) is 48.5 Å². The Morgan fingerprint density at radius 3 is 2.71 bits per heavy atom. The van der Waals surface area contributed by atoms with Gasteiger partial charge in [0.05, 0.1) is 24.2 Å². The first-order valence-corrected chi connectivity index (χ1v) is 13.6. The number of halogens is 3. The molecule has 2 aromatic heterocycles. The number of para-hydroxylation sites is 1. The molecule has 7 nitrogen and oxygen atoms in total. The van der Waals surface area contributed by atoms with Crippen LogP contribution in [0.4, 0.5) is 4.39 Å². The maximum atomic E-state index is 14.3. The van der Waals surface area contributed by atoms with Crippen molar-refractivity contribution in [2.75, 3.05) is 7.11 Å². The number of hydrogen-bond donors (Lipinski definition) is 0. The van der Waals surface area contributed by atoms with E-state index in [1.165, 1.54) is 24.1 Å². The zero-order valence-electron chi connectivity index (χ0n) is 21.5. The van der Waals surface area contributed by atoms with Gasteiger partial charge in [0, 0.05) is 32.1 Å². The molecule has 0 saturated carbocycles. The van der Waals surface area contributed by atoms with Gasteiger partial charge < -0.3 is 13.9 Å². The molecule has 4 aromatic carbocycles. The zero-order valence-corrected chi connectivity index (χ0v) is 23.8. The van der Waals surface area contributed by atoms with Crippen LogP contribution < -0.4 is 15.0 Å². The molecule has 6 aromatic rings. The molecular formula is C31H20BrClFN3O4.